The molecule has 2 aromatic carbocycles. The molecule has 0 N–H and O–H groups in total. The fraction of sp³-hybridized carbons (Fsp3) is 0.263. The van der Waals surface area contributed by atoms with Gasteiger partial charge in [0.05, 0.1) is 19.3 Å². The van der Waals surface area contributed by atoms with E-state index in [1.807, 2.05) is 37.3 Å². The Hall–Kier alpha value is -3.02. The molecule has 0 aliphatic carbocycles. The molecule has 0 radical (unpaired) electrons. The lowest BCUT2D eigenvalue weighted by Crippen LogP contribution is -2.48. The van der Waals surface area contributed by atoms with Crippen LogP contribution < -0.4 is 14.4 Å². The first-order chi connectivity index (χ1) is 12.1. The van der Waals surface area contributed by atoms with Gasteiger partial charge in [0.1, 0.15) is 11.5 Å². The van der Waals surface area contributed by atoms with Crippen LogP contribution in [-0.4, -0.2) is 38.2 Å². The van der Waals surface area contributed by atoms with Gasteiger partial charge in [-0.15, -0.1) is 0 Å². The van der Waals surface area contributed by atoms with Crippen molar-refractivity contribution in [3.05, 3.63) is 54.1 Å². The largest absolute Gasteiger partial charge is 0.483 e. The molecule has 0 saturated heterocycles. The maximum atomic E-state index is 12.7. The first-order valence-electron chi connectivity index (χ1n) is 7.92. The molecule has 1 aliphatic heterocycles. The van der Waals surface area contributed by atoms with E-state index < -0.39 is 12.1 Å². The Morgan fingerprint density at radius 2 is 1.88 bits per heavy atom. The number of nitrogens with zero attached hydrogens (tertiary/aromatic N) is 1. The number of anilines is 1. The monoisotopic (exact) mass is 341 g/mol. The fourth-order valence-corrected chi connectivity index (χ4v) is 2.66. The van der Waals surface area contributed by atoms with Gasteiger partial charge in [0, 0.05) is 0 Å². The van der Waals surface area contributed by atoms with Crippen molar-refractivity contribution in [2.24, 2.45) is 0 Å². The molecule has 0 saturated carbocycles. The van der Waals surface area contributed by atoms with Gasteiger partial charge in [-0.3, -0.25) is 4.79 Å². The fourth-order valence-electron chi connectivity index (χ4n) is 2.66. The van der Waals surface area contributed by atoms with E-state index >= 15 is 0 Å². The molecule has 0 fully saturated rings. The Morgan fingerprint density at radius 1 is 1.16 bits per heavy atom. The molecule has 6 heteroatoms. The molecule has 6 nitrogen and oxygen atoms in total. The molecule has 25 heavy (non-hydrogen) atoms. The minimum Gasteiger partial charge on any atom is -0.483 e. The van der Waals surface area contributed by atoms with Crippen LogP contribution >= 0.6 is 0 Å². The Bertz CT molecular complexity index is 789. The number of aryl methyl sites for hydroxylation is 1. The molecule has 0 unspecified atom stereocenters. The first kappa shape index (κ1) is 16.8. The van der Waals surface area contributed by atoms with Crippen LogP contribution in [0.15, 0.2) is 48.5 Å². The van der Waals surface area contributed by atoms with Crippen molar-refractivity contribution in [3.63, 3.8) is 0 Å². The van der Waals surface area contributed by atoms with E-state index in [9.17, 15) is 9.59 Å². The Balaban J connectivity index is 1.78. The molecule has 2 aromatic rings. The minimum absolute atomic E-state index is 0.0830. The number of rotatable bonds is 4. The lowest BCUT2D eigenvalue weighted by Gasteiger charge is -2.33. The summed E-state index contributed by atoms with van der Waals surface area (Å²) in [5.74, 6) is 0.343. The molecule has 130 valence electrons. The van der Waals surface area contributed by atoms with E-state index in [0.29, 0.717) is 17.2 Å². The third-order valence-electron chi connectivity index (χ3n) is 3.98. The number of hydrogen-bond donors (Lipinski definition) is 0. The quantitative estimate of drug-likeness (QED) is 0.799. The Labute approximate surface area is 145 Å². The topological polar surface area (TPSA) is 65.1 Å². The summed E-state index contributed by atoms with van der Waals surface area (Å²) in [7, 11) is 1.29. The van der Waals surface area contributed by atoms with Gasteiger partial charge in [0.15, 0.2) is 6.61 Å². The van der Waals surface area contributed by atoms with Crippen molar-refractivity contribution < 1.29 is 23.8 Å². The average Bonchev–Trinajstić information content (AvgIpc) is 2.65. The van der Waals surface area contributed by atoms with Crippen molar-refractivity contribution in [3.8, 4) is 11.5 Å². The number of ether oxygens (including phenoxy) is 3. The third-order valence-corrected chi connectivity index (χ3v) is 3.98. The second-order valence-corrected chi connectivity index (χ2v) is 5.66. The van der Waals surface area contributed by atoms with Crippen LogP contribution in [-0.2, 0) is 14.3 Å². The van der Waals surface area contributed by atoms with Crippen molar-refractivity contribution in [2.45, 2.75) is 13.0 Å². The normalized spacial score (nSPS) is 15.8. The molecule has 1 heterocycles. The number of para-hydroxylation sites is 3. The van der Waals surface area contributed by atoms with Crippen LogP contribution in [0.2, 0.25) is 0 Å². The van der Waals surface area contributed by atoms with Crippen molar-refractivity contribution in [1.29, 1.82) is 0 Å². The van der Waals surface area contributed by atoms with Gasteiger partial charge >= 0.3 is 5.97 Å². The molecular formula is C19H19NO5. The summed E-state index contributed by atoms with van der Waals surface area (Å²) in [6.45, 7) is 1.86. The maximum absolute atomic E-state index is 12.7. The highest BCUT2D eigenvalue weighted by atomic mass is 16.6. The van der Waals surface area contributed by atoms with E-state index in [1.165, 1.54) is 12.0 Å². The molecule has 1 amide bonds. The summed E-state index contributed by atoms with van der Waals surface area (Å²) < 4.78 is 16.0. The second kappa shape index (κ2) is 7.25. The molecule has 0 spiro atoms. The zero-order valence-corrected chi connectivity index (χ0v) is 14.1. The SMILES string of the molecule is COC(=O)[C@@H]1CN(C(=O)COc2ccccc2C)c2ccccc2O1. The Kier molecular flexibility index (Phi) is 4.88. The first-order valence-corrected chi connectivity index (χ1v) is 7.92. The maximum Gasteiger partial charge on any atom is 0.348 e. The van der Waals surface area contributed by atoms with Crippen LogP contribution in [0.5, 0.6) is 11.5 Å². The van der Waals surface area contributed by atoms with Crippen molar-refractivity contribution in [2.75, 3.05) is 25.2 Å². The van der Waals surface area contributed by atoms with Gasteiger partial charge in [-0.25, -0.2) is 4.79 Å². The third kappa shape index (κ3) is 3.57. The predicted octanol–water partition coefficient (Wildman–Crippen LogP) is 2.34. The zero-order valence-electron chi connectivity index (χ0n) is 14.1. The van der Waals surface area contributed by atoms with Gasteiger partial charge in [-0.1, -0.05) is 30.3 Å². The van der Waals surface area contributed by atoms with Gasteiger partial charge in [-0.2, -0.15) is 0 Å². The number of methoxy groups -OCH3 is 1. The van der Waals surface area contributed by atoms with Crippen molar-refractivity contribution in [1.82, 2.24) is 0 Å². The van der Waals surface area contributed by atoms with Crippen molar-refractivity contribution >= 4 is 17.6 Å². The Morgan fingerprint density at radius 3 is 2.64 bits per heavy atom. The van der Waals surface area contributed by atoms with E-state index in [1.54, 1.807) is 18.2 Å². The standard InChI is InChI=1S/C19H19NO5/c1-13-7-3-5-9-15(13)24-12-18(21)20-11-17(19(22)23-2)25-16-10-6-4-8-14(16)20/h3-10,17H,11-12H2,1-2H3/t17-/m0/s1. The van der Waals surface area contributed by atoms with Crippen LogP contribution in [0.1, 0.15) is 5.56 Å². The van der Waals surface area contributed by atoms with Gasteiger partial charge in [-0.05, 0) is 30.7 Å². The number of fused-ring (bicyclic) bond motifs is 1. The minimum atomic E-state index is -0.859. The lowest BCUT2D eigenvalue weighted by molar-refractivity contribution is -0.148. The number of carbonyl (C=O) groups excluding carboxylic acids is 2. The molecule has 0 bridgehead atoms. The van der Waals surface area contributed by atoms with Gasteiger partial charge in [0.2, 0.25) is 6.10 Å². The molecule has 3 rings (SSSR count). The van der Waals surface area contributed by atoms with Crippen LogP contribution in [0.25, 0.3) is 0 Å². The molecular weight excluding hydrogens is 322 g/mol. The number of carbonyl (C=O) groups is 2. The molecule has 0 aromatic heterocycles. The van der Waals surface area contributed by atoms with Crippen LogP contribution in [0, 0.1) is 6.92 Å². The van der Waals surface area contributed by atoms with Gasteiger partial charge in [0.25, 0.3) is 5.91 Å². The van der Waals surface area contributed by atoms with Gasteiger partial charge < -0.3 is 19.1 Å². The van der Waals surface area contributed by atoms with E-state index in [-0.39, 0.29) is 19.1 Å². The highest BCUT2D eigenvalue weighted by molar-refractivity contribution is 5.97. The number of amides is 1. The average molecular weight is 341 g/mol. The summed E-state index contributed by atoms with van der Waals surface area (Å²) in [6.07, 6.45) is -0.859. The summed E-state index contributed by atoms with van der Waals surface area (Å²) in [5, 5.41) is 0. The molecule has 1 aliphatic rings. The predicted molar refractivity (Wildman–Crippen MR) is 91.9 cm³/mol. The number of benzene rings is 2. The lowest BCUT2D eigenvalue weighted by atomic mass is 10.2. The van der Waals surface area contributed by atoms with Crippen LogP contribution in [0.4, 0.5) is 5.69 Å². The van der Waals surface area contributed by atoms with Crippen LogP contribution in [0.3, 0.4) is 0 Å². The van der Waals surface area contributed by atoms with E-state index in [4.69, 9.17) is 14.2 Å². The number of hydrogen-bond acceptors (Lipinski definition) is 5. The highest BCUT2D eigenvalue weighted by Gasteiger charge is 2.34. The zero-order chi connectivity index (χ0) is 17.8. The van der Waals surface area contributed by atoms with E-state index in [2.05, 4.69) is 0 Å². The highest BCUT2D eigenvalue weighted by Crippen LogP contribution is 2.33. The van der Waals surface area contributed by atoms with E-state index in [0.717, 1.165) is 5.56 Å². The molecule has 1 atom stereocenters. The smallest absolute Gasteiger partial charge is 0.348 e. The summed E-state index contributed by atoms with van der Waals surface area (Å²) in [4.78, 5) is 26.0. The number of esters is 1. The summed E-state index contributed by atoms with van der Waals surface area (Å²) in [5.41, 5.74) is 1.56. The summed E-state index contributed by atoms with van der Waals surface area (Å²) >= 11 is 0. The second-order valence-electron chi connectivity index (χ2n) is 5.66. The summed E-state index contributed by atoms with van der Waals surface area (Å²) in [6, 6.07) is 14.6.